The van der Waals surface area contributed by atoms with Crippen LogP contribution in [-0.4, -0.2) is 38.0 Å². The van der Waals surface area contributed by atoms with Gasteiger partial charge in [-0.05, 0) is 24.6 Å². The van der Waals surface area contributed by atoms with Gasteiger partial charge in [0.25, 0.3) is 5.91 Å². The van der Waals surface area contributed by atoms with Gasteiger partial charge in [-0.15, -0.1) is 0 Å². The van der Waals surface area contributed by atoms with Crippen LogP contribution in [0.3, 0.4) is 0 Å². The maximum absolute atomic E-state index is 11.7. The predicted octanol–water partition coefficient (Wildman–Crippen LogP) is 2.22. The highest BCUT2D eigenvalue weighted by Gasteiger charge is 2.22. The van der Waals surface area contributed by atoms with E-state index < -0.39 is 5.54 Å². The van der Waals surface area contributed by atoms with E-state index in [2.05, 4.69) is 22.4 Å². The second-order valence-electron chi connectivity index (χ2n) is 4.07. The number of ether oxygens (including phenoxy) is 1. The Morgan fingerprint density at radius 2 is 1.95 bits per heavy atom. The van der Waals surface area contributed by atoms with E-state index in [1.54, 1.807) is 0 Å². The van der Waals surface area contributed by atoms with Crippen molar-refractivity contribution in [1.82, 2.24) is 15.5 Å². The number of carbonyl (C=O) groups excluding carboxylic acids is 2. The molecule has 0 aliphatic heterocycles. The van der Waals surface area contributed by atoms with Crippen LogP contribution in [0.1, 0.15) is 33.1 Å². The molecule has 20 heavy (non-hydrogen) atoms. The number of nitrogens with one attached hydrogen (secondary N) is 3. The quantitative estimate of drug-likeness (QED) is 0.419. The minimum Gasteiger partial charge on any atom is -0.375 e. The van der Waals surface area contributed by atoms with Crippen LogP contribution in [0.2, 0.25) is 0 Å². The molecule has 0 saturated carbocycles. The zero-order valence-corrected chi connectivity index (χ0v) is 14.8. The molecule has 1 unspecified atom stereocenters. The number of hydrogen-bond acceptors (Lipinski definition) is 5. The first-order valence-electron chi connectivity index (χ1n) is 6.58. The summed E-state index contributed by atoms with van der Waals surface area (Å²) in [7, 11) is 1.44. The van der Waals surface area contributed by atoms with E-state index in [0.29, 0.717) is 6.54 Å². The maximum Gasteiger partial charge on any atom is 0.320 e. The highest BCUT2D eigenvalue weighted by molar-refractivity contribution is 8.69. The molecule has 0 fully saturated rings. The third-order valence-electron chi connectivity index (χ3n) is 2.10. The van der Waals surface area contributed by atoms with E-state index in [0.717, 1.165) is 25.0 Å². The first kappa shape index (κ1) is 19.7. The molecule has 0 spiro atoms. The van der Waals surface area contributed by atoms with Crippen molar-refractivity contribution in [2.24, 2.45) is 0 Å². The minimum atomic E-state index is -2.52. The smallest absolute Gasteiger partial charge is 0.320 e. The van der Waals surface area contributed by atoms with Crippen LogP contribution < -0.4 is 15.5 Å². The molecule has 9 heteroatoms. The highest BCUT2D eigenvalue weighted by Crippen LogP contribution is 2.51. The summed E-state index contributed by atoms with van der Waals surface area (Å²) in [6.07, 6.45) is 2.87. The fourth-order valence-corrected chi connectivity index (χ4v) is 6.09. The average molecular weight is 341 g/mol. The van der Waals surface area contributed by atoms with E-state index in [9.17, 15) is 9.59 Å². The Bertz CT molecular complexity index is 356. The van der Waals surface area contributed by atoms with Crippen LogP contribution in [0.5, 0.6) is 0 Å². The Hall–Kier alpha value is -0.300. The van der Waals surface area contributed by atoms with Gasteiger partial charge in [0, 0.05) is 19.4 Å². The first-order valence-corrected chi connectivity index (χ1v) is 11.0. The topological polar surface area (TPSA) is 79.5 Å². The Morgan fingerprint density at radius 1 is 1.25 bits per heavy atom. The predicted molar refractivity (Wildman–Crippen MR) is 88.5 cm³/mol. The van der Waals surface area contributed by atoms with Gasteiger partial charge in [-0.25, -0.2) is 4.79 Å². The van der Waals surface area contributed by atoms with Gasteiger partial charge in [-0.2, -0.15) is 0 Å². The number of unbranched alkanes of at least 4 members (excludes halogenated alkanes) is 1. The molecule has 0 rings (SSSR count). The van der Waals surface area contributed by atoms with Crippen LogP contribution >= 0.6 is 16.9 Å². The number of methoxy groups -OCH3 is 1. The summed E-state index contributed by atoms with van der Waals surface area (Å²) in [6.45, 7) is 4.56. The van der Waals surface area contributed by atoms with Crippen molar-refractivity contribution >= 4 is 40.7 Å². The SMILES string of the molecule is CCCCSP(=S)(NC(=O)COC)NC(=O)NCCC. The Labute approximate surface area is 130 Å². The van der Waals surface area contributed by atoms with Crippen molar-refractivity contribution in [3.63, 3.8) is 0 Å². The fourth-order valence-electron chi connectivity index (χ4n) is 1.17. The van der Waals surface area contributed by atoms with Gasteiger partial charge in [0.1, 0.15) is 6.61 Å². The van der Waals surface area contributed by atoms with Gasteiger partial charge < -0.3 is 15.1 Å². The molecule has 0 aliphatic carbocycles. The lowest BCUT2D eigenvalue weighted by atomic mass is 10.4. The third kappa shape index (κ3) is 9.58. The molecule has 3 amide bonds. The lowest BCUT2D eigenvalue weighted by Gasteiger charge is -2.23. The summed E-state index contributed by atoms with van der Waals surface area (Å²) in [5.41, 5.74) is -2.52. The lowest BCUT2D eigenvalue weighted by molar-refractivity contribution is -0.122. The molecule has 6 nitrogen and oxygen atoms in total. The first-order chi connectivity index (χ1) is 9.47. The number of amides is 3. The molecule has 0 aromatic rings. The van der Waals surface area contributed by atoms with Crippen molar-refractivity contribution in [2.45, 2.75) is 33.1 Å². The average Bonchev–Trinajstić information content (AvgIpc) is 2.36. The summed E-state index contributed by atoms with van der Waals surface area (Å²) in [6, 6.07) is -0.336. The number of carbonyl (C=O) groups is 2. The number of hydrogen-bond donors (Lipinski definition) is 3. The summed E-state index contributed by atoms with van der Waals surface area (Å²) < 4.78 is 4.77. The Balaban J connectivity index is 4.55. The molecule has 0 saturated heterocycles. The molecule has 0 aromatic carbocycles. The molecule has 0 aromatic heterocycles. The van der Waals surface area contributed by atoms with Crippen molar-refractivity contribution in [3.05, 3.63) is 0 Å². The van der Waals surface area contributed by atoms with Gasteiger partial charge >= 0.3 is 6.03 Å². The summed E-state index contributed by atoms with van der Waals surface area (Å²) in [5, 5.41) is 8.14. The van der Waals surface area contributed by atoms with E-state index >= 15 is 0 Å². The highest BCUT2D eigenvalue weighted by atomic mass is 32.9. The molecule has 0 bridgehead atoms. The molecule has 3 N–H and O–H groups in total. The monoisotopic (exact) mass is 341 g/mol. The van der Waals surface area contributed by atoms with Crippen LogP contribution in [-0.2, 0) is 21.3 Å². The van der Waals surface area contributed by atoms with E-state index in [1.807, 2.05) is 6.92 Å². The van der Waals surface area contributed by atoms with Crippen LogP contribution in [0.15, 0.2) is 0 Å². The summed E-state index contributed by atoms with van der Waals surface area (Å²) in [4.78, 5) is 23.4. The largest absolute Gasteiger partial charge is 0.375 e. The van der Waals surface area contributed by atoms with E-state index in [1.165, 1.54) is 18.5 Å². The molecule has 0 heterocycles. The normalized spacial score (nSPS) is 13.3. The van der Waals surface area contributed by atoms with Crippen molar-refractivity contribution in [2.75, 3.05) is 26.0 Å². The fraction of sp³-hybridized carbons (Fsp3) is 0.818. The van der Waals surface area contributed by atoms with Gasteiger partial charge in [-0.3, -0.25) is 9.88 Å². The molecule has 0 radical (unpaired) electrons. The molecule has 118 valence electrons. The van der Waals surface area contributed by atoms with E-state index in [4.69, 9.17) is 16.5 Å². The summed E-state index contributed by atoms with van der Waals surface area (Å²) in [5.74, 6) is 0.491. The zero-order valence-electron chi connectivity index (χ0n) is 12.2. The van der Waals surface area contributed by atoms with Crippen LogP contribution in [0.25, 0.3) is 0 Å². The van der Waals surface area contributed by atoms with Gasteiger partial charge in [0.05, 0.1) is 0 Å². The third-order valence-corrected chi connectivity index (χ3v) is 7.66. The maximum atomic E-state index is 11.7. The van der Waals surface area contributed by atoms with Crippen LogP contribution in [0, 0.1) is 0 Å². The second kappa shape index (κ2) is 11.4. The number of urea groups is 1. The van der Waals surface area contributed by atoms with Gasteiger partial charge in [0.15, 0.2) is 5.54 Å². The number of rotatable bonds is 10. The van der Waals surface area contributed by atoms with E-state index in [-0.39, 0.29) is 18.5 Å². The standard InChI is InChI=1S/C11H24N3O3PS2/c1-4-6-8-20-18(19,13-10(15)9-17-3)14-11(16)12-7-5-2/h4-9H2,1-3H3,(H3,12,13,14,15,16,19). The van der Waals surface area contributed by atoms with Gasteiger partial charge in [-0.1, -0.05) is 31.7 Å². The molecule has 0 aliphatic rings. The van der Waals surface area contributed by atoms with Crippen LogP contribution in [0.4, 0.5) is 4.79 Å². The molecular weight excluding hydrogens is 317 g/mol. The van der Waals surface area contributed by atoms with Crippen molar-refractivity contribution in [1.29, 1.82) is 0 Å². The zero-order chi connectivity index (χ0) is 15.4. The lowest BCUT2D eigenvalue weighted by Crippen LogP contribution is -2.38. The summed E-state index contributed by atoms with van der Waals surface area (Å²) >= 11 is 6.88. The second-order valence-corrected chi connectivity index (χ2v) is 11.0. The Kier molecular flexibility index (Phi) is 11.2. The molecular formula is C11H24N3O3PS2. The van der Waals surface area contributed by atoms with Crippen molar-refractivity contribution in [3.8, 4) is 0 Å². The minimum absolute atomic E-state index is 0.0645. The Morgan fingerprint density at radius 3 is 2.50 bits per heavy atom. The molecule has 1 atom stereocenters. The van der Waals surface area contributed by atoms with Crippen molar-refractivity contribution < 1.29 is 14.3 Å². The van der Waals surface area contributed by atoms with Gasteiger partial charge in [0.2, 0.25) is 0 Å².